The molecule has 2 aromatic carbocycles. The number of rotatable bonds is 2. The fourth-order valence-corrected chi connectivity index (χ4v) is 4.20. The molecule has 0 heterocycles. The van der Waals surface area contributed by atoms with Gasteiger partial charge in [-0.05, 0) is 55.2 Å². The first kappa shape index (κ1) is 15.5. The van der Waals surface area contributed by atoms with E-state index in [0.717, 1.165) is 17.5 Å². The Balaban J connectivity index is 2.32. The fraction of sp³-hybridized carbons (Fsp3) is 0.333. The second kappa shape index (κ2) is 5.35. The molecule has 0 saturated carbocycles. The second-order valence-electron chi connectivity index (χ2n) is 6.93. The summed E-state index contributed by atoms with van der Waals surface area (Å²) < 4.78 is 0. The van der Waals surface area contributed by atoms with Gasteiger partial charge in [0.15, 0.2) is 0 Å². The maximum atomic E-state index is 9.68. The van der Waals surface area contributed by atoms with E-state index in [0.29, 0.717) is 5.92 Å². The summed E-state index contributed by atoms with van der Waals surface area (Å²) in [6.07, 6.45) is 0.825. The molecule has 0 fully saturated rings. The molecule has 0 amide bonds. The quantitative estimate of drug-likeness (QED) is 0.805. The van der Waals surface area contributed by atoms with E-state index < -0.39 is 0 Å². The van der Waals surface area contributed by atoms with Gasteiger partial charge in [-0.15, -0.1) is 5.92 Å². The zero-order valence-electron chi connectivity index (χ0n) is 13.8. The minimum Gasteiger partial charge on any atom is -0.508 e. The van der Waals surface area contributed by atoms with Gasteiger partial charge in [0.2, 0.25) is 0 Å². The third kappa shape index (κ3) is 2.28. The van der Waals surface area contributed by atoms with Gasteiger partial charge in [-0.1, -0.05) is 37.1 Å². The van der Waals surface area contributed by atoms with Gasteiger partial charge in [-0.25, -0.2) is 0 Å². The number of phenols is 2. The van der Waals surface area contributed by atoms with Crippen molar-refractivity contribution in [1.29, 1.82) is 0 Å². The van der Waals surface area contributed by atoms with E-state index in [2.05, 4.69) is 32.6 Å². The molecule has 2 heteroatoms. The molecule has 2 nitrogen and oxygen atoms in total. The second-order valence-corrected chi connectivity index (χ2v) is 6.93. The van der Waals surface area contributed by atoms with Crippen LogP contribution in [0.5, 0.6) is 11.5 Å². The van der Waals surface area contributed by atoms with Crippen molar-refractivity contribution in [2.24, 2.45) is 11.3 Å². The number of phenolic OH excluding ortho intramolecular Hbond substituents is 2. The summed E-state index contributed by atoms with van der Waals surface area (Å²) in [6, 6.07) is 14.9. The molecule has 1 aliphatic rings. The Bertz CT molecular complexity index is 713. The number of benzene rings is 2. The van der Waals surface area contributed by atoms with Gasteiger partial charge in [0.1, 0.15) is 11.5 Å². The van der Waals surface area contributed by atoms with Crippen LogP contribution in [-0.2, 0) is 5.41 Å². The van der Waals surface area contributed by atoms with Gasteiger partial charge in [0.25, 0.3) is 0 Å². The average Bonchev–Trinajstić information content (AvgIpc) is 2.50. The summed E-state index contributed by atoms with van der Waals surface area (Å²) >= 11 is 0. The largest absolute Gasteiger partial charge is 0.508 e. The van der Waals surface area contributed by atoms with Crippen molar-refractivity contribution in [1.82, 2.24) is 0 Å². The summed E-state index contributed by atoms with van der Waals surface area (Å²) in [4.78, 5) is 0. The van der Waals surface area contributed by atoms with Crippen molar-refractivity contribution in [3.8, 4) is 23.3 Å². The highest BCUT2D eigenvalue weighted by molar-refractivity contribution is 5.50. The average molecular weight is 306 g/mol. The molecule has 1 unspecified atom stereocenters. The van der Waals surface area contributed by atoms with Crippen molar-refractivity contribution >= 4 is 0 Å². The molecule has 0 radical (unpaired) electrons. The van der Waals surface area contributed by atoms with Gasteiger partial charge in [-0.3, -0.25) is 0 Å². The van der Waals surface area contributed by atoms with Crippen LogP contribution in [0.1, 0.15) is 38.3 Å². The molecule has 1 atom stereocenters. The van der Waals surface area contributed by atoms with Crippen LogP contribution in [0.15, 0.2) is 48.5 Å². The third-order valence-corrected chi connectivity index (χ3v) is 5.18. The number of aromatic hydroxyl groups is 2. The van der Waals surface area contributed by atoms with Crippen molar-refractivity contribution in [2.45, 2.75) is 32.6 Å². The molecular formula is C21H22O2. The summed E-state index contributed by atoms with van der Waals surface area (Å²) in [7, 11) is 0. The SMILES string of the molecule is CC1CC#CC(C)(C)C1(c1ccc(O)cc1)c1ccc(O)cc1. The van der Waals surface area contributed by atoms with E-state index in [9.17, 15) is 10.2 Å². The molecule has 2 aromatic rings. The van der Waals surface area contributed by atoms with Crippen LogP contribution in [0.25, 0.3) is 0 Å². The molecule has 23 heavy (non-hydrogen) atoms. The van der Waals surface area contributed by atoms with Crippen molar-refractivity contribution in [3.63, 3.8) is 0 Å². The van der Waals surface area contributed by atoms with Crippen LogP contribution in [-0.4, -0.2) is 10.2 Å². The lowest BCUT2D eigenvalue weighted by Gasteiger charge is -2.50. The Morgan fingerprint density at radius 2 is 1.30 bits per heavy atom. The number of hydrogen-bond donors (Lipinski definition) is 2. The van der Waals surface area contributed by atoms with Crippen LogP contribution < -0.4 is 0 Å². The predicted octanol–water partition coefficient (Wildman–Crippen LogP) is 4.45. The maximum Gasteiger partial charge on any atom is 0.115 e. The van der Waals surface area contributed by atoms with Gasteiger partial charge in [0.05, 0.1) is 0 Å². The van der Waals surface area contributed by atoms with Gasteiger partial charge in [0, 0.05) is 17.3 Å². The summed E-state index contributed by atoms with van der Waals surface area (Å²) in [5, 5.41) is 19.4. The molecule has 118 valence electrons. The van der Waals surface area contributed by atoms with Gasteiger partial charge < -0.3 is 10.2 Å². The highest BCUT2D eigenvalue weighted by atomic mass is 16.3. The van der Waals surface area contributed by atoms with E-state index in [1.54, 1.807) is 24.3 Å². The first-order valence-electron chi connectivity index (χ1n) is 7.97. The van der Waals surface area contributed by atoms with E-state index in [4.69, 9.17) is 0 Å². The minimum absolute atomic E-state index is 0.265. The smallest absolute Gasteiger partial charge is 0.115 e. The van der Waals surface area contributed by atoms with E-state index in [1.165, 1.54) is 0 Å². The monoisotopic (exact) mass is 306 g/mol. The summed E-state index contributed by atoms with van der Waals surface area (Å²) in [5.41, 5.74) is 1.73. The molecule has 0 aliphatic heterocycles. The van der Waals surface area contributed by atoms with Crippen LogP contribution in [0, 0.1) is 23.2 Å². The third-order valence-electron chi connectivity index (χ3n) is 5.18. The molecule has 0 aromatic heterocycles. The van der Waals surface area contributed by atoms with E-state index in [-0.39, 0.29) is 22.3 Å². The highest BCUT2D eigenvalue weighted by Gasteiger charge is 2.51. The van der Waals surface area contributed by atoms with Crippen molar-refractivity contribution in [3.05, 3.63) is 59.7 Å². The molecule has 0 saturated heterocycles. The Labute approximate surface area is 137 Å². The lowest BCUT2D eigenvalue weighted by atomic mass is 9.51. The molecule has 0 spiro atoms. The topological polar surface area (TPSA) is 40.5 Å². The Morgan fingerprint density at radius 1 is 0.870 bits per heavy atom. The molecular weight excluding hydrogens is 284 g/mol. The van der Waals surface area contributed by atoms with Gasteiger partial charge >= 0.3 is 0 Å². The first-order chi connectivity index (χ1) is 10.9. The summed E-state index contributed by atoms with van der Waals surface area (Å²) in [6.45, 7) is 6.58. The predicted molar refractivity (Wildman–Crippen MR) is 92.3 cm³/mol. The Kier molecular flexibility index (Phi) is 3.60. The van der Waals surface area contributed by atoms with Crippen LogP contribution in [0.3, 0.4) is 0 Å². The van der Waals surface area contributed by atoms with Crippen LogP contribution in [0.2, 0.25) is 0 Å². The van der Waals surface area contributed by atoms with E-state index >= 15 is 0 Å². The van der Waals surface area contributed by atoms with E-state index in [1.807, 2.05) is 24.3 Å². The maximum absolute atomic E-state index is 9.68. The van der Waals surface area contributed by atoms with Gasteiger partial charge in [-0.2, -0.15) is 0 Å². The van der Waals surface area contributed by atoms with Crippen molar-refractivity contribution < 1.29 is 10.2 Å². The zero-order valence-corrected chi connectivity index (χ0v) is 13.8. The fourth-order valence-electron chi connectivity index (χ4n) is 4.20. The first-order valence-corrected chi connectivity index (χ1v) is 7.97. The Morgan fingerprint density at radius 3 is 1.70 bits per heavy atom. The normalized spacial score (nSPS) is 21.3. The molecule has 0 bridgehead atoms. The zero-order chi connectivity index (χ0) is 16.7. The molecule has 2 N–H and O–H groups in total. The van der Waals surface area contributed by atoms with Crippen molar-refractivity contribution in [2.75, 3.05) is 0 Å². The standard InChI is InChI=1S/C21H22O2/c1-15-5-4-14-20(2,3)21(15,16-6-10-18(22)11-7-16)17-8-12-19(23)13-9-17/h6-13,15,22-23H,5H2,1-3H3. The number of hydrogen-bond acceptors (Lipinski definition) is 2. The summed E-state index contributed by atoms with van der Waals surface area (Å²) in [5.74, 6) is 7.57. The highest BCUT2D eigenvalue weighted by Crippen LogP contribution is 2.54. The molecule has 3 rings (SSSR count). The minimum atomic E-state index is -0.292. The molecule has 1 aliphatic carbocycles. The van der Waals surface area contributed by atoms with Crippen LogP contribution >= 0.6 is 0 Å². The Hall–Kier alpha value is -2.40. The van der Waals surface area contributed by atoms with Crippen LogP contribution in [0.4, 0.5) is 0 Å². The lowest BCUT2D eigenvalue weighted by Crippen LogP contribution is -2.49. The lowest BCUT2D eigenvalue weighted by molar-refractivity contribution is 0.189.